The van der Waals surface area contributed by atoms with Crippen LogP contribution in [0.15, 0.2) is 108 Å². The molecule has 6 rings (SSSR count). The van der Waals surface area contributed by atoms with Gasteiger partial charge in [-0.05, 0) is 107 Å². The monoisotopic (exact) mass is 582 g/mol. The van der Waals surface area contributed by atoms with Crippen LogP contribution < -0.4 is 0 Å². The third-order valence-electron chi connectivity index (χ3n) is 8.31. The van der Waals surface area contributed by atoms with Crippen molar-refractivity contribution in [2.75, 3.05) is 0 Å². The molecule has 4 aromatic rings. The van der Waals surface area contributed by atoms with Gasteiger partial charge in [0.15, 0.2) is 0 Å². The summed E-state index contributed by atoms with van der Waals surface area (Å²) in [4.78, 5) is 0. The van der Waals surface area contributed by atoms with Gasteiger partial charge in [0.2, 0.25) is 0 Å². The maximum atomic E-state index is 7.67. The van der Waals surface area contributed by atoms with Crippen LogP contribution in [0.2, 0.25) is 0 Å². The Kier molecular flexibility index (Phi) is 7.31. The van der Waals surface area contributed by atoms with Gasteiger partial charge >= 0.3 is 0 Å². The van der Waals surface area contributed by atoms with Crippen LogP contribution in [-0.2, 0) is 30.7 Å². The maximum Gasteiger partial charge on any atom is 0.118 e. The van der Waals surface area contributed by atoms with E-state index in [4.69, 9.17) is 23.2 Å². The van der Waals surface area contributed by atoms with Crippen LogP contribution in [0.25, 0.3) is 33.4 Å². The maximum absolute atomic E-state index is 7.67. The number of hydrogen-bond acceptors (Lipinski definition) is 0. The van der Waals surface area contributed by atoms with E-state index >= 15 is 0 Å². The van der Waals surface area contributed by atoms with Crippen LogP contribution >= 0.6 is 23.2 Å². The SMILES string of the molecule is CC1=C(C)C(Cl)([Si]C2(Cl)C(C)=C(C)c3cc(-c4ccccc4)ccc32)c2ccc(-c3ccccc3)cc21.[Ti]. The van der Waals surface area contributed by atoms with Crippen molar-refractivity contribution in [3.63, 3.8) is 0 Å². The van der Waals surface area contributed by atoms with Crippen molar-refractivity contribution in [1.82, 2.24) is 0 Å². The molecule has 0 heterocycles. The van der Waals surface area contributed by atoms with Crippen molar-refractivity contribution in [1.29, 1.82) is 0 Å². The van der Waals surface area contributed by atoms with Crippen molar-refractivity contribution in [3.8, 4) is 22.3 Å². The number of hydrogen-bond donors (Lipinski definition) is 0. The molecule has 0 amide bonds. The first kappa shape index (κ1) is 27.4. The van der Waals surface area contributed by atoms with Gasteiger partial charge in [0.1, 0.15) is 9.52 Å². The molecule has 0 saturated carbocycles. The van der Waals surface area contributed by atoms with Gasteiger partial charge in [-0.15, -0.1) is 23.2 Å². The summed E-state index contributed by atoms with van der Waals surface area (Å²) in [5, 5.41) is 0. The molecule has 0 fully saturated rings. The number of halogens is 2. The molecule has 0 aromatic heterocycles. The van der Waals surface area contributed by atoms with E-state index in [0.29, 0.717) is 0 Å². The molecular formula is C34H28Cl2SiTi. The Balaban J connectivity index is 0.00000294. The Hall–Kier alpha value is -2.13. The molecule has 0 nitrogen and oxygen atoms in total. The molecule has 0 aliphatic heterocycles. The van der Waals surface area contributed by atoms with Crippen molar-refractivity contribution < 1.29 is 21.7 Å². The van der Waals surface area contributed by atoms with E-state index in [2.05, 4.69) is 125 Å². The summed E-state index contributed by atoms with van der Waals surface area (Å²) in [5.41, 5.74) is 14.6. The Labute approximate surface area is 253 Å². The molecule has 186 valence electrons. The quantitative estimate of drug-likeness (QED) is 0.166. The molecular weight excluding hydrogens is 555 g/mol. The van der Waals surface area contributed by atoms with Crippen LogP contribution in [0.1, 0.15) is 49.9 Å². The van der Waals surface area contributed by atoms with Gasteiger partial charge in [-0.3, -0.25) is 0 Å². The van der Waals surface area contributed by atoms with Gasteiger partial charge in [-0.1, -0.05) is 84.9 Å². The number of rotatable bonds is 4. The summed E-state index contributed by atoms with van der Waals surface area (Å²) in [6, 6.07) is 34.5. The van der Waals surface area contributed by atoms with Gasteiger partial charge in [0, 0.05) is 21.7 Å². The van der Waals surface area contributed by atoms with E-state index in [1.165, 1.54) is 66.8 Å². The summed E-state index contributed by atoms with van der Waals surface area (Å²) < 4.78 is -1.28. The van der Waals surface area contributed by atoms with Crippen LogP contribution in [0.5, 0.6) is 0 Å². The number of allylic oxidation sites excluding steroid dienone is 4. The third kappa shape index (κ3) is 4.15. The summed E-state index contributed by atoms with van der Waals surface area (Å²) >= 11 is 15.3. The van der Waals surface area contributed by atoms with E-state index in [-0.39, 0.29) is 31.2 Å². The molecule has 2 aliphatic carbocycles. The van der Waals surface area contributed by atoms with Crippen molar-refractivity contribution in [2.24, 2.45) is 0 Å². The van der Waals surface area contributed by atoms with E-state index in [1.807, 2.05) is 0 Å². The molecule has 4 heteroatoms. The third-order valence-corrected chi connectivity index (χ3v) is 11.8. The van der Waals surface area contributed by atoms with E-state index < -0.39 is 8.99 Å². The summed E-state index contributed by atoms with van der Waals surface area (Å²) in [7, 11) is 0.254. The fourth-order valence-corrected chi connectivity index (χ4v) is 9.35. The Morgan fingerprint density at radius 2 is 0.868 bits per heavy atom. The van der Waals surface area contributed by atoms with Gasteiger partial charge in [-0.2, -0.15) is 0 Å². The fourth-order valence-electron chi connectivity index (χ4n) is 5.81. The Morgan fingerprint density at radius 3 is 1.24 bits per heavy atom. The minimum Gasteiger partial charge on any atom is -0.114 e. The van der Waals surface area contributed by atoms with Crippen LogP contribution in [0.3, 0.4) is 0 Å². The standard InChI is InChI=1S/C34H28Cl2Si.Ti/c1-21-23(3)33(35,31-17-15-27(19-29(21)31)25-11-7-5-8-12-25)37-34(36)24(4)22(2)30-20-28(16-18-32(30)34)26-13-9-6-10-14-26;/h5-20H,1-4H3;. The molecule has 4 aromatic carbocycles. The van der Waals surface area contributed by atoms with Crippen LogP contribution in [-0.4, -0.2) is 9.52 Å². The molecule has 2 aliphatic rings. The van der Waals surface area contributed by atoms with E-state index in [1.54, 1.807) is 0 Å². The molecule has 2 atom stereocenters. The van der Waals surface area contributed by atoms with Crippen LogP contribution in [0.4, 0.5) is 0 Å². The van der Waals surface area contributed by atoms with Crippen molar-refractivity contribution in [3.05, 3.63) is 130 Å². The normalized spacial score (nSPS) is 21.8. The first-order chi connectivity index (χ1) is 17.7. The Morgan fingerprint density at radius 1 is 0.500 bits per heavy atom. The predicted octanol–water partition coefficient (Wildman–Crippen LogP) is 9.82. The summed E-state index contributed by atoms with van der Waals surface area (Å²) in [5.74, 6) is 0. The van der Waals surface area contributed by atoms with Crippen molar-refractivity contribution in [2.45, 2.75) is 36.7 Å². The second-order valence-electron chi connectivity index (χ2n) is 10.2. The second-order valence-corrected chi connectivity index (χ2v) is 13.7. The van der Waals surface area contributed by atoms with Crippen LogP contribution in [0, 0.1) is 0 Å². The summed E-state index contributed by atoms with van der Waals surface area (Å²) in [6.45, 7) is 8.75. The zero-order valence-corrected chi connectivity index (χ0v) is 26.1. The topological polar surface area (TPSA) is 0 Å². The largest absolute Gasteiger partial charge is 0.118 e. The molecule has 0 spiro atoms. The zero-order valence-electron chi connectivity index (χ0n) is 22.0. The van der Waals surface area contributed by atoms with Gasteiger partial charge in [0.25, 0.3) is 0 Å². The summed E-state index contributed by atoms with van der Waals surface area (Å²) in [6.07, 6.45) is 0. The average Bonchev–Trinajstić information content (AvgIpc) is 3.24. The average molecular weight is 583 g/mol. The van der Waals surface area contributed by atoms with Gasteiger partial charge in [0.05, 0.1) is 8.99 Å². The minimum absolute atomic E-state index is 0. The molecule has 0 bridgehead atoms. The predicted molar refractivity (Wildman–Crippen MR) is 161 cm³/mol. The first-order valence-electron chi connectivity index (χ1n) is 12.7. The Bertz CT molecular complexity index is 1490. The van der Waals surface area contributed by atoms with E-state index in [9.17, 15) is 0 Å². The molecule has 2 unspecified atom stereocenters. The van der Waals surface area contributed by atoms with Gasteiger partial charge < -0.3 is 0 Å². The molecule has 38 heavy (non-hydrogen) atoms. The number of benzene rings is 4. The number of fused-ring (bicyclic) bond motifs is 2. The molecule has 2 radical (unpaired) electrons. The van der Waals surface area contributed by atoms with E-state index in [0.717, 1.165) is 0 Å². The van der Waals surface area contributed by atoms with Crippen molar-refractivity contribution >= 4 is 43.9 Å². The smallest absolute Gasteiger partial charge is 0.114 e. The molecule has 0 N–H and O–H groups in total. The van der Waals surface area contributed by atoms with Gasteiger partial charge in [-0.25, -0.2) is 0 Å². The fraction of sp³-hybridized carbons (Fsp3) is 0.176. The first-order valence-corrected chi connectivity index (χ1v) is 14.4. The number of alkyl halides is 2. The molecule has 0 saturated heterocycles. The minimum atomic E-state index is -0.641. The zero-order chi connectivity index (χ0) is 25.9. The second kappa shape index (κ2) is 10.1.